The molecule has 0 aliphatic carbocycles. The first kappa shape index (κ1) is 18.3. The molecular weight excluding hydrogens is 364 g/mol. The smallest absolute Gasteiger partial charge is 0.322 e. The summed E-state index contributed by atoms with van der Waals surface area (Å²) < 4.78 is 52.5. The number of hydrogen-bond donors (Lipinski definition) is 2. The van der Waals surface area contributed by atoms with Crippen LogP contribution < -0.4 is 10.6 Å². The topological polar surface area (TPSA) is 66.9 Å². The third-order valence-electron chi connectivity index (χ3n) is 3.52. The zero-order chi connectivity index (χ0) is 19.4. The lowest BCUT2D eigenvalue weighted by atomic mass is 10.1. The fourth-order valence-electron chi connectivity index (χ4n) is 2.23. The number of para-hydroxylation sites is 2. The predicted molar refractivity (Wildman–Crippen MR) is 91.1 cm³/mol. The molecule has 0 saturated carbocycles. The number of nitrogens with zero attached hydrogens (tertiary/aromatic N) is 2. The first-order chi connectivity index (χ1) is 12.8. The molecule has 2 N–H and O–H groups in total. The minimum absolute atomic E-state index is 0.0346. The Balaban J connectivity index is 1.75. The number of alkyl halides is 3. The van der Waals surface area contributed by atoms with E-state index >= 15 is 0 Å². The summed E-state index contributed by atoms with van der Waals surface area (Å²) in [7, 11) is 0. The molecule has 0 aliphatic heterocycles. The summed E-state index contributed by atoms with van der Waals surface area (Å²) in [6.07, 6.45) is -2.35. The summed E-state index contributed by atoms with van der Waals surface area (Å²) in [4.78, 5) is 19.9. The summed E-state index contributed by atoms with van der Waals surface area (Å²) in [6.45, 7) is 0. The molecule has 2 aromatic carbocycles. The lowest BCUT2D eigenvalue weighted by Crippen LogP contribution is -2.17. The number of carbonyl (C=O) groups excluding carboxylic acids is 1. The van der Waals surface area contributed by atoms with Crippen molar-refractivity contribution in [3.05, 3.63) is 77.9 Å². The van der Waals surface area contributed by atoms with Gasteiger partial charge in [0.25, 0.3) is 5.91 Å². The highest BCUT2D eigenvalue weighted by Crippen LogP contribution is 2.34. The van der Waals surface area contributed by atoms with Crippen molar-refractivity contribution in [2.45, 2.75) is 6.18 Å². The molecule has 3 rings (SSSR count). The molecule has 0 saturated heterocycles. The van der Waals surface area contributed by atoms with Crippen LogP contribution in [-0.4, -0.2) is 15.9 Å². The van der Waals surface area contributed by atoms with Crippen molar-refractivity contribution in [2.75, 3.05) is 10.6 Å². The van der Waals surface area contributed by atoms with Crippen molar-refractivity contribution in [3.8, 4) is 0 Å². The number of amides is 1. The van der Waals surface area contributed by atoms with Crippen LogP contribution in [-0.2, 0) is 6.18 Å². The third kappa shape index (κ3) is 4.38. The highest BCUT2D eigenvalue weighted by atomic mass is 19.4. The molecule has 138 valence electrons. The van der Waals surface area contributed by atoms with E-state index in [1.807, 2.05) is 0 Å². The summed E-state index contributed by atoms with van der Waals surface area (Å²) in [5.41, 5.74) is -1.24. The van der Waals surface area contributed by atoms with Gasteiger partial charge in [-0.3, -0.25) is 4.79 Å². The molecule has 0 atom stereocenters. The van der Waals surface area contributed by atoms with E-state index in [4.69, 9.17) is 0 Å². The standard InChI is InChI=1S/C18H12F4N4O/c19-13-6-2-4-8-15(13)26-17-23-9-11(10-24-17)16(27)25-14-7-3-1-5-12(14)18(20,21)22/h1-10H,(H,25,27)(H,23,24,26). The van der Waals surface area contributed by atoms with Gasteiger partial charge in [0.15, 0.2) is 0 Å². The zero-order valence-corrected chi connectivity index (χ0v) is 13.6. The Morgan fingerprint density at radius 3 is 2.11 bits per heavy atom. The van der Waals surface area contributed by atoms with Crippen LogP contribution in [0.2, 0.25) is 0 Å². The van der Waals surface area contributed by atoms with Gasteiger partial charge < -0.3 is 10.6 Å². The highest BCUT2D eigenvalue weighted by molar-refractivity contribution is 6.04. The van der Waals surface area contributed by atoms with E-state index < -0.39 is 23.5 Å². The van der Waals surface area contributed by atoms with E-state index in [0.717, 1.165) is 24.5 Å². The number of aromatic nitrogens is 2. The maximum absolute atomic E-state index is 13.6. The number of nitrogens with one attached hydrogen (secondary N) is 2. The number of carbonyl (C=O) groups is 1. The van der Waals surface area contributed by atoms with Gasteiger partial charge in [0.2, 0.25) is 5.95 Å². The minimum Gasteiger partial charge on any atom is -0.322 e. The molecule has 0 unspecified atom stereocenters. The number of rotatable bonds is 4. The molecule has 27 heavy (non-hydrogen) atoms. The van der Waals surface area contributed by atoms with Gasteiger partial charge in [-0.15, -0.1) is 0 Å². The zero-order valence-electron chi connectivity index (χ0n) is 13.6. The molecule has 3 aromatic rings. The number of hydrogen-bond acceptors (Lipinski definition) is 4. The number of benzene rings is 2. The Labute approximate surface area is 151 Å². The Kier molecular flexibility index (Phi) is 5.02. The summed E-state index contributed by atoms with van der Waals surface area (Å²) in [5, 5.41) is 4.83. The normalized spacial score (nSPS) is 11.1. The predicted octanol–water partition coefficient (Wildman–Crippen LogP) is 4.63. The fraction of sp³-hybridized carbons (Fsp3) is 0.0556. The quantitative estimate of drug-likeness (QED) is 0.652. The van der Waals surface area contributed by atoms with Crippen molar-refractivity contribution in [3.63, 3.8) is 0 Å². The first-order valence-electron chi connectivity index (χ1n) is 7.66. The van der Waals surface area contributed by atoms with E-state index in [1.165, 1.54) is 30.3 Å². The van der Waals surface area contributed by atoms with Crippen LogP contribution in [0.1, 0.15) is 15.9 Å². The Bertz CT molecular complexity index is 958. The number of halogens is 4. The maximum Gasteiger partial charge on any atom is 0.418 e. The van der Waals surface area contributed by atoms with E-state index in [9.17, 15) is 22.4 Å². The summed E-state index contributed by atoms with van der Waals surface area (Å²) >= 11 is 0. The molecule has 0 radical (unpaired) electrons. The lowest BCUT2D eigenvalue weighted by Gasteiger charge is -2.13. The van der Waals surface area contributed by atoms with Gasteiger partial charge >= 0.3 is 6.18 Å². The number of anilines is 3. The first-order valence-corrected chi connectivity index (χ1v) is 7.66. The average molecular weight is 376 g/mol. The maximum atomic E-state index is 13.6. The highest BCUT2D eigenvalue weighted by Gasteiger charge is 2.33. The van der Waals surface area contributed by atoms with Crippen LogP contribution in [0, 0.1) is 5.82 Å². The van der Waals surface area contributed by atoms with Crippen LogP contribution in [0.5, 0.6) is 0 Å². The molecule has 1 heterocycles. The third-order valence-corrected chi connectivity index (χ3v) is 3.52. The monoisotopic (exact) mass is 376 g/mol. The minimum atomic E-state index is -4.60. The van der Waals surface area contributed by atoms with Crippen LogP contribution in [0.4, 0.5) is 34.9 Å². The second kappa shape index (κ2) is 7.40. The molecule has 1 amide bonds. The van der Waals surface area contributed by atoms with Crippen molar-refractivity contribution in [2.24, 2.45) is 0 Å². The van der Waals surface area contributed by atoms with E-state index in [1.54, 1.807) is 6.07 Å². The molecule has 0 bridgehead atoms. The second-order valence-corrected chi connectivity index (χ2v) is 5.40. The molecule has 5 nitrogen and oxygen atoms in total. The van der Waals surface area contributed by atoms with E-state index in [0.29, 0.717) is 0 Å². The Hall–Kier alpha value is -3.49. The van der Waals surface area contributed by atoms with Gasteiger partial charge in [0, 0.05) is 12.4 Å². The van der Waals surface area contributed by atoms with Crippen LogP contribution in [0.25, 0.3) is 0 Å². The summed E-state index contributed by atoms with van der Waals surface area (Å²) in [6, 6.07) is 10.5. The van der Waals surface area contributed by atoms with Gasteiger partial charge in [-0.05, 0) is 24.3 Å². The van der Waals surface area contributed by atoms with Crippen molar-refractivity contribution in [1.82, 2.24) is 9.97 Å². The van der Waals surface area contributed by atoms with Crippen LogP contribution >= 0.6 is 0 Å². The Morgan fingerprint density at radius 1 is 0.889 bits per heavy atom. The Morgan fingerprint density at radius 2 is 1.48 bits per heavy atom. The van der Waals surface area contributed by atoms with Gasteiger partial charge in [-0.25, -0.2) is 14.4 Å². The van der Waals surface area contributed by atoms with E-state index in [-0.39, 0.29) is 22.9 Å². The molecule has 0 aliphatic rings. The molecule has 9 heteroatoms. The SMILES string of the molecule is O=C(Nc1ccccc1C(F)(F)F)c1cnc(Nc2ccccc2F)nc1. The largest absolute Gasteiger partial charge is 0.418 e. The van der Waals surface area contributed by atoms with Crippen molar-refractivity contribution >= 4 is 23.2 Å². The van der Waals surface area contributed by atoms with Crippen molar-refractivity contribution in [1.29, 1.82) is 0 Å². The van der Waals surface area contributed by atoms with E-state index in [2.05, 4.69) is 20.6 Å². The van der Waals surface area contributed by atoms with Gasteiger partial charge in [0.05, 0.1) is 22.5 Å². The molecular formula is C18H12F4N4O. The van der Waals surface area contributed by atoms with Gasteiger partial charge in [-0.1, -0.05) is 24.3 Å². The second-order valence-electron chi connectivity index (χ2n) is 5.40. The van der Waals surface area contributed by atoms with Gasteiger partial charge in [-0.2, -0.15) is 13.2 Å². The van der Waals surface area contributed by atoms with Gasteiger partial charge in [0.1, 0.15) is 5.82 Å². The lowest BCUT2D eigenvalue weighted by molar-refractivity contribution is -0.136. The van der Waals surface area contributed by atoms with Crippen molar-refractivity contribution < 1.29 is 22.4 Å². The average Bonchev–Trinajstić information content (AvgIpc) is 2.64. The fourth-order valence-corrected chi connectivity index (χ4v) is 2.23. The molecule has 0 fully saturated rings. The van der Waals surface area contributed by atoms with Crippen LogP contribution in [0.3, 0.4) is 0 Å². The van der Waals surface area contributed by atoms with Crippen LogP contribution in [0.15, 0.2) is 60.9 Å². The molecule has 0 spiro atoms. The molecule has 1 aromatic heterocycles. The summed E-state index contributed by atoms with van der Waals surface area (Å²) in [5.74, 6) is -1.27.